The Kier molecular flexibility index (Phi) is 5.51. The molecule has 0 spiro atoms. The van der Waals surface area contributed by atoms with E-state index in [-0.39, 0.29) is 0 Å². The Morgan fingerprint density at radius 2 is 1.14 bits per heavy atom. The zero-order chi connectivity index (χ0) is 32.1. The Balaban J connectivity index is 1.32. The maximum absolute atomic E-state index is 6.54. The lowest BCUT2D eigenvalue weighted by atomic mass is 9.99. The van der Waals surface area contributed by atoms with Gasteiger partial charge < -0.3 is 4.42 Å². The quantitative estimate of drug-likeness (QED) is 0.192. The van der Waals surface area contributed by atoms with Gasteiger partial charge in [0.05, 0.1) is 26.8 Å². The van der Waals surface area contributed by atoms with Gasteiger partial charge in [0.1, 0.15) is 5.58 Å². The fourth-order valence-electron chi connectivity index (χ4n) is 7.73. The molecule has 0 atom stereocenters. The lowest BCUT2D eigenvalue weighted by Gasteiger charge is -2.12. The van der Waals surface area contributed by atoms with Crippen molar-refractivity contribution in [2.75, 3.05) is 0 Å². The summed E-state index contributed by atoms with van der Waals surface area (Å²) in [6.07, 6.45) is 0. The molecule has 0 unspecified atom stereocenters. The minimum absolute atomic E-state index is 0.575. The number of nitrogens with zero attached hydrogens (tertiary/aromatic N) is 3. The van der Waals surface area contributed by atoms with E-state index >= 15 is 0 Å². The number of benzene rings is 7. The van der Waals surface area contributed by atoms with Crippen LogP contribution in [0.1, 0.15) is 0 Å². The van der Waals surface area contributed by atoms with Gasteiger partial charge in [-0.15, -0.1) is 11.3 Å². The summed E-state index contributed by atoms with van der Waals surface area (Å²) in [4.78, 5) is 10.8. The molecule has 49 heavy (non-hydrogen) atoms. The van der Waals surface area contributed by atoms with E-state index in [0.29, 0.717) is 11.7 Å². The zero-order valence-electron chi connectivity index (χ0n) is 26.1. The van der Waals surface area contributed by atoms with Crippen molar-refractivity contribution in [3.63, 3.8) is 0 Å². The molecule has 5 heteroatoms. The van der Waals surface area contributed by atoms with E-state index in [4.69, 9.17) is 14.4 Å². The van der Waals surface area contributed by atoms with E-state index in [1.165, 1.54) is 41.7 Å². The van der Waals surface area contributed by atoms with Crippen LogP contribution < -0.4 is 0 Å². The first-order valence-electron chi connectivity index (χ1n) is 16.4. The van der Waals surface area contributed by atoms with Crippen molar-refractivity contribution >= 4 is 86.2 Å². The Hall–Kier alpha value is -6.30. The fraction of sp³-hybridized carbons (Fsp3) is 0. The number of para-hydroxylation sites is 2. The van der Waals surface area contributed by atoms with Crippen LogP contribution in [0, 0.1) is 0 Å². The highest BCUT2D eigenvalue weighted by Crippen LogP contribution is 2.48. The molecule has 4 nitrogen and oxygen atoms in total. The Labute approximate surface area is 284 Å². The number of hydrogen-bond donors (Lipinski definition) is 0. The van der Waals surface area contributed by atoms with E-state index in [9.17, 15) is 0 Å². The van der Waals surface area contributed by atoms with Gasteiger partial charge in [0, 0.05) is 37.2 Å². The van der Waals surface area contributed by atoms with Gasteiger partial charge in [-0.25, -0.2) is 4.98 Å². The van der Waals surface area contributed by atoms with Crippen LogP contribution in [-0.4, -0.2) is 14.5 Å². The second kappa shape index (κ2) is 10.1. The maximum Gasteiger partial charge on any atom is 0.238 e. The number of thiophene rings is 1. The number of aromatic nitrogens is 3. The van der Waals surface area contributed by atoms with Crippen molar-refractivity contribution in [1.82, 2.24) is 14.5 Å². The van der Waals surface area contributed by atoms with Crippen LogP contribution in [-0.2, 0) is 0 Å². The highest BCUT2D eigenvalue weighted by Gasteiger charge is 2.25. The highest BCUT2D eigenvalue weighted by atomic mass is 32.1. The van der Waals surface area contributed by atoms with Gasteiger partial charge in [-0.3, -0.25) is 4.57 Å². The topological polar surface area (TPSA) is 43.9 Å². The first kappa shape index (κ1) is 26.7. The minimum Gasteiger partial charge on any atom is -0.437 e. The SMILES string of the molecule is c1ccc(-c2cccc(-c3nc(-n4c5ccccc5c5c6ccccc6c6c7ccccc7sc6c54)nc4oc5ccccc5c34)c2)cc1. The van der Waals surface area contributed by atoms with Crippen LogP contribution in [0.4, 0.5) is 0 Å². The van der Waals surface area contributed by atoms with E-state index in [1.807, 2.05) is 35.6 Å². The molecule has 0 aliphatic heterocycles. The van der Waals surface area contributed by atoms with Gasteiger partial charge in [0.2, 0.25) is 11.7 Å². The van der Waals surface area contributed by atoms with E-state index in [1.54, 1.807) is 0 Å². The van der Waals surface area contributed by atoms with E-state index < -0.39 is 0 Å². The van der Waals surface area contributed by atoms with Crippen LogP contribution >= 0.6 is 11.3 Å². The summed E-state index contributed by atoms with van der Waals surface area (Å²) in [6.45, 7) is 0. The molecule has 0 saturated heterocycles. The van der Waals surface area contributed by atoms with Gasteiger partial charge in [-0.05, 0) is 46.2 Å². The first-order chi connectivity index (χ1) is 24.3. The van der Waals surface area contributed by atoms with Gasteiger partial charge in [0.25, 0.3) is 0 Å². The molecular formula is C44H25N3OS. The Bertz CT molecular complexity index is 3110. The molecule has 0 radical (unpaired) electrons. The molecule has 0 saturated carbocycles. The Morgan fingerprint density at radius 3 is 2.00 bits per heavy atom. The molecule has 4 heterocycles. The van der Waals surface area contributed by atoms with Gasteiger partial charge >= 0.3 is 0 Å². The highest BCUT2D eigenvalue weighted by molar-refractivity contribution is 7.27. The molecule has 0 bridgehead atoms. The molecule has 228 valence electrons. The molecular weight excluding hydrogens is 619 g/mol. The summed E-state index contributed by atoms with van der Waals surface area (Å²) in [5.74, 6) is 0.590. The van der Waals surface area contributed by atoms with Crippen LogP contribution in [0.2, 0.25) is 0 Å². The van der Waals surface area contributed by atoms with Crippen molar-refractivity contribution in [1.29, 1.82) is 0 Å². The van der Waals surface area contributed by atoms with Crippen molar-refractivity contribution < 1.29 is 4.42 Å². The monoisotopic (exact) mass is 643 g/mol. The predicted molar refractivity (Wildman–Crippen MR) is 205 cm³/mol. The van der Waals surface area contributed by atoms with Gasteiger partial charge in [-0.2, -0.15) is 4.98 Å². The summed E-state index contributed by atoms with van der Waals surface area (Å²) in [6, 6.07) is 53.5. The van der Waals surface area contributed by atoms with Crippen LogP contribution in [0.3, 0.4) is 0 Å². The lowest BCUT2D eigenvalue weighted by Crippen LogP contribution is -2.03. The second-order valence-electron chi connectivity index (χ2n) is 12.5. The van der Waals surface area contributed by atoms with Crippen molar-refractivity contribution in [3.05, 3.63) is 152 Å². The normalized spacial score (nSPS) is 12.1. The molecule has 0 N–H and O–H groups in total. The summed E-state index contributed by atoms with van der Waals surface area (Å²) >= 11 is 1.84. The first-order valence-corrected chi connectivity index (χ1v) is 17.2. The van der Waals surface area contributed by atoms with Crippen LogP contribution in [0.25, 0.3) is 103 Å². The molecule has 11 rings (SSSR count). The van der Waals surface area contributed by atoms with Crippen LogP contribution in [0.15, 0.2) is 156 Å². The number of fused-ring (bicyclic) bond motifs is 13. The van der Waals surface area contributed by atoms with Crippen molar-refractivity contribution in [2.45, 2.75) is 0 Å². The summed E-state index contributed by atoms with van der Waals surface area (Å²) in [7, 11) is 0. The smallest absolute Gasteiger partial charge is 0.238 e. The molecule has 0 aliphatic rings. The van der Waals surface area contributed by atoms with Crippen molar-refractivity contribution in [3.8, 4) is 28.3 Å². The van der Waals surface area contributed by atoms with Crippen molar-refractivity contribution in [2.24, 2.45) is 0 Å². The third kappa shape index (κ3) is 3.79. The average molecular weight is 644 g/mol. The second-order valence-corrected chi connectivity index (χ2v) is 13.6. The lowest BCUT2D eigenvalue weighted by molar-refractivity contribution is 0.651. The summed E-state index contributed by atoms with van der Waals surface area (Å²) in [5.41, 5.74) is 7.71. The van der Waals surface area contributed by atoms with E-state index in [2.05, 4.69) is 132 Å². The van der Waals surface area contributed by atoms with Gasteiger partial charge in [-0.1, -0.05) is 127 Å². The molecule has 0 aliphatic carbocycles. The number of furan rings is 1. The zero-order valence-corrected chi connectivity index (χ0v) is 26.9. The van der Waals surface area contributed by atoms with E-state index in [0.717, 1.165) is 49.8 Å². The average Bonchev–Trinajstić information content (AvgIpc) is 3.85. The van der Waals surface area contributed by atoms with Crippen LogP contribution in [0.5, 0.6) is 0 Å². The number of rotatable bonds is 3. The molecule has 4 aromatic heterocycles. The molecule has 0 fully saturated rings. The molecule has 0 amide bonds. The molecule has 11 aromatic rings. The predicted octanol–water partition coefficient (Wildman–Crippen LogP) is 12.3. The van der Waals surface area contributed by atoms with Gasteiger partial charge in [0.15, 0.2) is 0 Å². The standard InChI is InChI=1S/C44H25N3OS/c1-2-13-26(14-3-1)27-15-12-16-28(25-27)40-39-32-20-7-10-23-35(32)48-43(39)46-44(45-40)47-34-22-9-6-19-31(34)37-29-17-4-5-18-30(29)38-33-21-8-11-24-36(33)49-42(38)41(37)47/h1-25H. The summed E-state index contributed by atoms with van der Waals surface area (Å²) < 4.78 is 11.3. The summed E-state index contributed by atoms with van der Waals surface area (Å²) in [5, 5.41) is 9.34. The number of hydrogen-bond acceptors (Lipinski definition) is 4. The third-order valence-electron chi connectivity index (χ3n) is 9.82. The maximum atomic E-state index is 6.54. The third-order valence-corrected chi connectivity index (χ3v) is 11.0. The largest absolute Gasteiger partial charge is 0.437 e. The Morgan fingerprint density at radius 1 is 0.490 bits per heavy atom. The fourth-order valence-corrected chi connectivity index (χ4v) is 8.99. The minimum atomic E-state index is 0.575. The molecule has 7 aromatic carbocycles.